The molecule has 0 aliphatic carbocycles. The molecule has 1 saturated heterocycles. The second-order valence-electron chi connectivity index (χ2n) is 5.88. The number of fused-ring (bicyclic) bond motifs is 1. The molecule has 0 spiro atoms. The molecular formula is C20H16ClNO2S. The first-order valence-electron chi connectivity index (χ1n) is 7.92. The molecule has 1 unspecified atom stereocenters. The van der Waals surface area contributed by atoms with E-state index in [4.69, 9.17) is 16.3 Å². The van der Waals surface area contributed by atoms with Gasteiger partial charge in [-0.2, -0.15) is 0 Å². The Hall–Kier alpha value is -2.17. The highest BCUT2D eigenvalue weighted by Crippen LogP contribution is 2.42. The lowest BCUT2D eigenvalue weighted by Crippen LogP contribution is -2.27. The maximum absolute atomic E-state index is 12.4. The van der Waals surface area contributed by atoms with Gasteiger partial charge in [0.05, 0.1) is 12.9 Å². The van der Waals surface area contributed by atoms with E-state index in [-0.39, 0.29) is 11.3 Å². The van der Waals surface area contributed by atoms with Gasteiger partial charge in [0.2, 0.25) is 5.91 Å². The molecule has 0 aromatic heterocycles. The van der Waals surface area contributed by atoms with Crippen molar-refractivity contribution in [3.05, 3.63) is 71.2 Å². The first-order chi connectivity index (χ1) is 12.2. The molecule has 1 aliphatic heterocycles. The molecule has 0 radical (unpaired) electrons. The van der Waals surface area contributed by atoms with Crippen molar-refractivity contribution in [1.82, 2.24) is 0 Å². The van der Waals surface area contributed by atoms with E-state index in [0.717, 1.165) is 27.8 Å². The van der Waals surface area contributed by atoms with Crippen LogP contribution in [0.15, 0.2) is 60.7 Å². The molecule has 0 N–H and O–H groups in total. The van der Waals surface area contributed by atoms with Crippen molar-refractivity contribution in [2.45, 2.75) is 5.37 Å². The molecule has 4 rings (SSSR count). The van der Waals surface area contributed by atoms with Crippen molar-refractivity contribution in [1.29, 1.82) is 0 Å². The number of halogens is 1. The Morgan fingerprint density at radius 3 is 2.52 bits per heavy atom. The molecule has 1 aliphatic rings. The first-order valence-corrected chi connectivity index (χ1v) is 9.35. The minimum atomic E-state index is -0.0276. The summed E-state index contributed by atoms with van der Waals surface area (Å²) in [6.45, 7) is 0. The highest BCUT2D eigenvalue weighted by atomic mass is 35.5. The zero-order valence-electron chi connectivity index (χ0n) is 13.6. The fourth-order valence-electron chi connectivity index (χ4n) is 3.07. The van der Waals surface area contributed by atoms with E-state index in [1.54, 1.807) is 18.9 Å². The number of thioether (sulfide) groups is 1. The predicted octanol–water partition coefficient (Wildman–Crippen LogP) is 5.28. The summed E-state index contributed by atoms with van der Waals surface area (Å²) in [6, 6.07) is 19.8. The van der Waals surface area contributed by atoms with Crippen LogP contribution in [0.1, 0.15) is 10.9 Å². The van der Waals surface area contributed by atoms with Gasteiger partial charge in [0.25, 0.3) is 0 Å². The van der Waals surface area contributed by atoms with Crippen molar-refractivity contribution in [2.75, 3.05) is 17.8 Å². The van der Waals surface area contributed by atoms with Gasteiger partial charge < -0.3 is 4.74 Å². The number of carbonyl (C=O) groups excluding carboxylic acids is 1. The van der Waals surface area contributed by atoms with E-state index in [9.17, 15) is 4.79 Å². The van der Waals surface area contributed by atoms with Gasteiger partial charge in [-0.3, -0.25) is 9.69 Å². The van der Waals surface area contributed by atoms with Crippen molar-refractivity contribution in [2.24, 2.45) is 0 Å². The van der Waals surface area contributed by atoms with Crippen LogP contribution in [0.2, 0.25) is 5.02 Å². The van der Waals surface area contributed by atoms with Gasteiger partial charge in [-0.05, 0) is 58.8 Å². The summed E-state index contributed by atoms with van der Waals surface area (Å²) < 4.78 is 5.28. The van der Waals surface area contributed by atoms with Crippen LogP contribution in [0.4, 0.5) is 5.69 Å². The van der Waals surface area contributed by atoms with E-state index in [0.29, 0.717) is 10.8 Å². The van der Waals surface area contributed by atoms with Gasteiger partial charge in [0.15, 0.2) is 0 Å². The molecule has 1 atom stereocenters. The average Bonchev–Trinajstić information content (AvgIpc) is 3.03. The standard InChI is InChI=1S/C20H16ClNO2S/c1-24-18-9-4-13-10-15(3-2-14(13)11-18)20-22(19(23)12-25-20)17-7-5-16(21)6-8-17/h2-11,20H,12H2,1H3. The monoisotopic (exact) mass is 369 g/mol. The lowest BCUT2D eigenvalue weighted by molar-refractivity contribution is -0.115. The maximum atomic E-state index is 12.4. The Kier molecular flexibility index (Phi) is 4.32. The molecule has 126 valence electrons. The number of hydrogen-bond donors (Lipinski definition) is 0. The molecule has 1 amide bonds. The summed E-state index contributed by atoms with van der Waals surface area (Å²) in [7, 11) is 1.67. The Balaban J connectivity index is 1.73. The maximum Gasteiger partial charge on any atom is 0.238 e. The van der Waals surface area contributed by atoms with Crippen molar-refractivity contribution < 1.29 is 9.53 Å². The number of benzene rings is 3. The molecule has 1 fully saturated rings. The van der Waals surface area contributed by atoms with Gasteiger partial charge >= 0.3 is 0 Å². The summed E-state index contributed by atoms with van der Waals surface area (Å²) in [5.41, 5.74) is 1.99. The normalized spacial score (nSPS) is 17.3. The van der Waals surface area contributed by atoms with E-state index in [1.165, 1.54) is 0 Å². The van der Waals surface area contributed by atoms with Crippen LogP contribution in [0.3, 0.4) is 0 Å². The fraction of sp³-hybridized carbons (Fsp3) is 0.150. The van der Waals surface area contributed by atoms with Crippen LogP contribution in [0, 0.1) is 0 Å². The number of anilines is 1. The molecule has 3 aromatic rings. The summed E-state index contributed by atoms with van der Waals surface area (Å²) in [5.74, 6) is 1.44. The van der Waals surface area contributed by atoms with Gasteiger partial charge in [0.1, 0.15) is 11.1 Å². The summed E-state index contributed by atoms with van der Waals surface area (Å²) in [6.07, 6.45) is 0. The smallest absolute Gasteiger partial charge is 0.238 e. The highest BCUT2D eigenvalue weighted by molar-refractivity contribution is 8.00. The van der Waals surface area contributed by atoms with Gasteiger partial charge in [-0.1, -0.05) is 29.8 Å². The number of hydrogen-bond acceptors (Lipinski definition) is 3. The van der Waals surface area contributed by atoms with E-state index >= 15 is 0 Å². The largest absolute Gasteiger partial charge is 0.497 e. The second-order valence-corrected chi connectivity index (χ2v) is 7.38. The Morgan fingerprint density at radius 2 is 1.76 bits per heavy atom. The van der Waals surface area contributed by atoms with Crippen LogP contribution >= 0.6 is 23.4 Å². The topological polar surface area (TPSA) is 29.5 Å². The van der Waals surface area contributed by atoms with E-state index in [2.05, 4.69) is 18.2 Å². The molecule has 0 saturated carbocycles. The lowest BCUT2D eigenvalue weighted by Gasteiger charge is -2.24. The number of nitrogens with zero attached hydrogens (tertiary/aromatic N) is 1. The Morgan fingerprint density at radius 1 is 1.04 bits per heavy atom. The van der Waals surface area contributed by atoms with Crippen molar-refractivity contribution in [3.8, 4) is 5.75 Å². The molecule has 3 nitrogen and oxygen atoms in total. The summed E-state index contributed by atoms with van der Waals surface area (Å²) in [4.78, 5) is 14.3. The van der Waals surface area contributed by atoms with Crippen molar-refractivity contribution >= 4 is 45.7 Å². The molecule has 5 heteroatoms. The molecule has 1 heterocycles. The van der Waals surface area contributed by atoms with Crippen LogP contribution in [-0.4, -0.2) is 18.8 Å². The molecule has 3 aromatic carbocycles. The fourth-order valence-corrected chi connectivity index (χ4v) is 4.37. The molecule has 25 heavy (non-hydrogen) atoms. The highest BCUT2D eigenvalue weighted by Gasteiger charge is 2.34. The molecular weight excluding hydrogens is 354 g/mol. The van der Waals surface area contributed by atoms with Gasteiger partial charge in [-0.25, -0.2) is 0 Å². The second kappa shape index (κ2) is 6.62. The van der Waals surface area contributed by atoms with E-state index < -0.39 is 0 Å². The van der Waals surface area contributed by atoms with E-state index in [1.807, 2.05) is 47.4 Å². The van der Waals surface area contributed by atoms with Crippen LogP contribution in [0.5, 0.6) is 5.75 Å². The number of rotatable bonds is 3. The predicted molar refractivity (Wildman–Crippen MR) is 105 cm³/mol. The van der Waals surface area contributed by atoms with Gasteiger partial charge in [0, 0.05) is 10.7 Å². The van der Waals surface area contributed by atoms with Crippen LogP contribution in [0.25, 0.3) is 10.8 Å². The average molecular weight is 370 g/mol. The molecule has 0 bridgehead atoms. The zero-order valence-corrected chi connectivity index (χ0v) is 15.2. The van der Waals surface area contributed by atoms with Crippen LogP contribution in [-0.2, 0) is 4.79 Å². The van der Waals surface area contributed by atoms with Crippen LogP contribution < -0.4 is 9.64 Å². The minimum Gasteiger partial charge on any atom is -0.497 e. The third kappa shape index (κ3) is 3.08. The third-order valence-electron chi connectivity index (χ3n) is 4.33. The quantitative estimate of drug-likeness (QED) is 0.629. The summed E-state index contributed by atoms with van der Waals surface area (Å²) in [5, 5.41) is 2.89. The van der Waals surface area contributed by atoms with Crippen molar-refractivity contribution in [3.63, 3.8) is 0 Å². The number of ether oxygens (including phenoxy) is 1. The Labute approximate surface area is 155 Å². The summed E-state index contributed by atoms with van der Waals surface area (Å²) >= 11 is 7.62. The first kappa shape index (κ1) is 16.3. The zero-order chi connectivity index (χ0) is 17.4. The number of amides is 1. The lowest BCUT2D eigenvalue weighted by atomic mass is 10.1. The number of carbonyl (C=O) groups is 1. The third-order valence-corrected chi connectivity index (χ3v) is 5.79. The Bertz CT molecular complexity index is 942. The number of methoxy groups -OCH3 is 1. The minimum absolute atomic E-state index is 0.0276. The SMILES string of the molecule is COc1ccc2cc(C3SCC(=O)N3c3ccc(Cl)cc3)ccc2c1. The van der Waals surface area contributed by atoms with Gasteiger partial charge in [-0.15, -0.1) is 11.8 Å².